The standard InChI is InChI=1S/C14H16N6O/c1-10(2)13-17-14(21)20(18-13)9-11-4-5-12(15-8-11)19-7-3-6-16-19/h3-8,10H,9H2,1-2H3,(H,17,18,21). The van der Waals surface area contributed by atoms with Gasteiger partial charge in [0, 0.05) is 24.5 Å². The number of nitrogens with one attached hydrogen (secondary N) is 1. The molecule has 0 aliphatic heterocycles. The van der Waals surface area contributed by atoms with Crippen molar-refractivity contribution in [3.8, 4) is 5.82 Å². The lowest BCUT2D eigenvalue weighted by molar-refractivity contribution is 0.638. The summed E-state index contributed by atoms with van der Waals surface area (Å²) in [5.74, 6) is 1.63. The Balaban J connectivity index is 1.81. The molecule has 0 bridgehead atoms. The number of nitrogens with zero attached hydrogens (tertiary/aromatic N) is 5. The summed E-state index contributed by atoms with van der Waals surface area (Å²) in [5.41, 5.74) is 0.713. The molecule has 0 amide bonds. The Bertz CT molecular complexity index is 767. The average Bonchev–Trinajstić information content (AvgIpc) is 3.10. The Hall–Kier alpha value is -2.70. The van der Waals surface area contributed by atoms with Crippen molar-refractivity contribution in [3.05, 3.63) is 58.7 Å². The van der Waals surface area contributed by atoms with Crippen LogP contribution in [-0.2, 0) is 6.54 Å². The van der Waals surface area contributed by atoms with E-state index in [-0.39, 0.29) is 11.6 Å². The molecule has 3 aromatic heterocycles. The largest absolute Gasteiger partial charge is 0.343 e. The van der Waals surface area contributed by atoms with E-state index in [1.165, 1.54) is 4.68 Å². The highest BCUT2D eigenvalue weighted by atomic mass is 16.1. The molecule has 0 aliphatic rings. The number of hydrogen-bond donors (Lipinski definition) is 1. The van der Waals surface area contributed by atoms with Crippen LogP contribution in [0.1, 0.15) is 31.2 Å². The third kappa shape index (κ3) is 2.76. The second-order valence-electron chi connectivity index (χ2n) is 5.10. The van der Waals surface area contributed by atoms with Gasteiger partial charge in [-0.05, 0) is 17.7 Å². The molecule has 3 heterocycles. The molecule has 108 valence electrons. The first-order valence-corrected chi connectivity index (χ1v) is 6.75. The van der Waals surface area contributed by atoms with Gasteiger partial charge in [-0.3, -0.25) is 4.98 Å². The van der Waals surface area contributed by atoms with Crippen molar-refractivity contribution < 1.29 is 0 Å². The number of H-pyrrole nitrogens is 1. The molecule has 3 aromatic rings. The Labute approximate surface area is 121 Å². The summed E-state index contributed by atoms with van der Waals surface area (Å²) in [6, 6.07) is 5.62. The van der Waals surface area contributed by atoms with Gasteiger partial charge in [0.1, 0.15) is 5.82 Å². The van der Waals surface area contributed by atoms with Gasteiger partial charge in [0.05, 0.1) is 6.54 Å². The SMILES string of the molecule is CC(C)c1nn(Cc2ccc(-n3cccn3)nc2)c(=O)[nH]1. The van der Waals surface area contributed by atoms with Crippen LogP contribution in [0.15, 0.2) is 41.6 Å². The van der Waals surface area contributed by atoms with Crippen LogP contribution in [0.4, 0.5) is 0 Å². The maximum Gasteiger partial charge on any atom is 0.343 e. The van der Waals surface area contributed by atoms with E-state index >= 15 is 0 Å². The first-order chi connectivity index (χ1) is 10.1. The van der Waals surface area contributed by atoms with Crippen LogP contribution < -0.4 is 5.69 Å². The maximum absolute atomic E-state index is 11.8. The zero-order valence-electron chi connectivity index (χ0n) is 11.9. The molecule has 0 fully saturated rings. The zero-order chi connectivity index (χ0) is 14.8. The van der Waals surface area contributed by atoms with E-state index < -0.39 is 0 Å². The average molecular weight is 284 g/mol. The van der Waals surface area contributed by atoms with Crippen molar-refractivity contribution in [2.75, 3.05) is 0 Å². The molecular formula is C14H16N6O. The van der Waals surface area contributed by atoms with Gasteiger partial charge >= 0.3 is 5.69 Å². The predicted molar refractivity (Wildman–Crippen MR) is 77.4 cm³/mol. The van der Waals surface area contributed by atoms with Crippen molar-refractivity contribution in [1.29, 1.82) is 0 Å². The van der Waals surface area contributed by atoms with E-state index in [4.69, 9.17) is 0 Å². The summed E-state index contributed by atoms with van der Waals surface area (Å²) in [7, 11) is 0. The molecular weight excluding hydrogens is 268 g/mol. The van der Waals surface area contributed by atoms with Crippen LogP contribution in [0.25, 0.3) is 5.82 Å². The number of aromatic amines is 1. The van der Waals surface area contributed by atoms with Crippen LogP contribution in [0.2, 0.25) is 0 Å². The van der Waals surface area contributed by atoms with E-state index in [0.717, 1.165) is 11.4 Å². The van der Waals surface area contributed by atoms with Crippen molar-refractivity contribution >= 4 is 0 Å². The van der Waals surface area contributed by atoms with E-state index in [9.17, 15) is 4.79 Å². The predicted octanol–water partition coefficient (Wildman–Crippen LogP) is 1.32. The van der Waals surface area contributed by atoms with Crippen molar-refractivity contribution in [3.63, 3.8) is 0 Å². The molecule has 0 aliphatic carbocycles. The van der Waals surface area contributed by atoms with E-state index in [0.29, 0.717) is 12.4 Å². The molecule has 0 radical (unpaired) electrons. The molecule has 7 heteroatoms. The van der Waals surface area contributed by atoms with E-state index in [2.05, 4.69) is 20.2 Å². The highest BCUT2D eigenvalue weighted by Gasteiger charge is 2.09. The zero-order valence-corrected chi connectivity index (χ0v) is 11.9. The second-order valence-corrected chi connectivity index (χ2v) is 5.10. The summed E-state index contributed by atoms with van der Waals surface area (Å²) in [6.45, 7) is 4.38. The summed E-state index contributed by atoms with van der Waals surface area (Å²) in [6.07, 6.45) is 5.26. The van der Waals surface area contributed by atoms with Crippen molar-refractivity contribution in [2.45, 2.75) is 26.3 Å². The third-order valence-corrected chi connectivity index (χ3v) is 3.13. The minimum Gasteiger partial charge on any atom is -0.293 e. The molecule has 0 saturated carbocycles. The molecule has 3 rings (SSSR count). The summed E-state index contributed by atoms with van der Waals surface area (Å²) in [4.78, 5) is 18.9. The van der Waals surface area contributed by atoms with Gasteiger partial charge in [0.25, 0.3) is 0 Å². The summed E-state index contributed by atoms with van der Waals surface area (Å²) < 4.78 is 3.10. The normalized spacial score (nSPS) is 11.2. The Morgan fingerprint density at radius 1 is 1.33 bits per heavy atom. The first-order valence-electron chi connectivity index (χ1n) is 6.75. The number of hydrogen-bond acceptors (Lipinski definition) is 4. The second kappa shape index (κ2) is 5.35. The first kappa shape index (κ1) is 13.3. The van der Waals surface area contributed by atoms with Gasteiger partial charge < -0.3 is 0 Å². The van der Waals surface area contributed by atoms with Gasteiger partial charge in [-0.15, -0.1) is 0 Å². The number of aromatic nitrogens is 6. The fourth-order valence-corrected chi connectivity index (χ4v) is 1.96. The lowest BCUT2D eigenvalue weighted by Gasteiger charge is -2.03. The lowest BCUT2D eigenvalue weighted by Crippen LogP contribution is -2.18. The summed E-state index contributed by atoms with van der Waals surface area (Å²) >= 11 is 0. The van der Waals surface area contributed by atoms with Gasteiger partial charge in [0.15, 0.2) is 5.82 Å². The minimum atomic E-state index is -0.199. The van der Waals surface area contributed by atoms with Crippen LogP contribution in [0.3, 0.4) is 0 Å². The number of pyridine rings is 1. The maximum atomic E-state index is 11.8. The smallest absolute Gasteiger partial charge is 0.293 e. The van der Waals surface area contributed by atoms with Crippen LogP contribution in [-0.4, -0.2) is 29.5 Å². The molecule has 0 atom stereocenters. The molecule has 0 saturated heterocycles. The Kier molecular flexibility index (Phi) is 3.39. The van der Waals surface area contributed by atoms with Gasteiger partial charge in [-0.25, -0.2) is 19.1 Å². The van der Waals surface area contributed by atoms with Gasteiger partial charge in [-0.1, -0.05) is 19.9 Å². The van der Waals surface area contributed by atoms with Crippen molar-refractivity contribution in [1.82, 2.24) is 29.5 Å². The fraction of sp³-hybridized carbons (Fsp3) is 0.286. The van der Waals surface area contributed by atoms with E-state index in [1.807, 2.05) is 38.2 Å². The fourth-order valence-electron chi connectivity index (χ4n) is 1.96. The Morgan fingerprint density at radius 3 is 2.76 bits per heavy atom. The lowest BCUT2D eigenvalue weighted by atomic mass is 10.2. The Morgan fingerprint density at radius 2 is 2.19 bits per heavy atom. The molecule has 0 unspecified atom stereocenters. The molecule has 21 heavy (non-hydrogen) atoms. The highest BCUT2D eigenvalue weighted by molar-refractivity contribution is 5.24. The van der Waals surface area contributed by atoms with Crippen LogP contribution >= 0.6 is 0 Å². The highest BCUT2D eigenvalue weighted by Crippen LogP contribution is 2.08. The van der Waals surface area contributed by atoms with E-state index in [1.54, 1.807) is 17.1 Å². The van der Waals surface area contributed by atoms with Gasteiger partial charge in [-0.2, -0.15) is 10.2 Å². The van der Waals surface area contributed by atoms with Crippen LogP contribution in [0.5, 0.6) is 0 Å². The molecule has 7 nitrogen and oxygen atoms in total. The monoisotopic (exact) mass is 284 g/mol. The quantitative estimate of drug-likeness (QED) is 0.783. The van der Waals surface area contributed by atoms with Crippen molar-refractivity contribution in [2.24, 2.45) is 0 Å². The molecule has 0 spiro atoms. The topological polar surface area (TPSA) is 81.4 Å². The van der Waals surface area contributed by atoms with Gasteiger partial charge in [0.2, 0.25) is 0 Å². The third-order valence-electron chi connectivity index (χ3n) is 3.13. The summed E-state index contributed by atoms with van der Waals surface area (Å²) in [5, 5.41) is 8.40. The molecule has 1 N–H and O–H groups in total. The molecule has 0 aromatic carbocycles. The minimum absolute atomic E-state index is 0.194. The number of rotatable bonds is 4. The van der Waals surface area contributed by atoms with Crippen LogP contribution in [0, 0.1) is 0 Å².